The van der Waals surface area contributed by atoms with Crippen LogP contribution >= 0.6 is 0 Å². The third-order valence-electron chi connectivity index (χ3n) is 2.30. The van der Waals surface area contributed by atoms with E-state index < -0.39 is 11.9 Å². The molecule has 5 N–H and O–H groups in total. The number of anilines is 2. The fourth-order valence-corrected chi connectivity index (χ4v) is 1.34. The molecule has 0 radical (unpaired) electrons. The minimum Gasteiger partial charge on any atom is -0.490 e. The van der Waals surface area contributed by atoms with E-state index in [1.807, 2.05) is 6.92 Å². The summed E-state index contributed by atoms with van der Waals surface area (Å²) in [6, 6.07) is 2.61. The van der Waals surface area contributed by atoms with Crippen molar-refractivity contribution in [3.05, 3.63) is 17.9 Å². The molecule has 0 fully saturated rings. The van der Waals surface area contributed by atoms with Gasteiger partial charge in [-0.25, -0.2) is 4.39 Å². The standard InChI is InChI=1S/C12H19FN2O3/c1-2-3-18-12-5-11(10(14)4-9(12)13)15-6-8(17)7-16/h4-5,8,15-17H,2-3,6-7,14H2,1H3. The van der Waals surface area contributed by atoms with Gasteiger partial charge in [0.2, 0.25) is 0 Å². The monoisotopic (exact) mass is 258 g/mol. The summed E-state index contributed by atoms with van der Waals surface area (Å²) in [6.45, 7) is 2.11. The van der Waals surface area contributed by atoms with Crippen LogP contribution in [0.3, 0.4) is 0 Å². The molecular weight excluding hydrogens is 239 g/mol. The molecule has 0 heterocycles. The number of aliphatic hydroxyl groups is 2. The van der Waals surface area contributed by atoms with Gasteiger partial charge in [0.25, 0.3) is 0 Å². The number of nitrogens with one attached hydrogen (secondary N) is 1. The second kappa shape index (κ2) is 7.03. The average Bonchev–Trinajstić information content (AvgIpc) is 2.36. The van der Waals surface area contributed by atoms with Gasteiger partial charge in [-0.05, 0) is 6.42 Å². The van der Waals surface area contributed by atoms with E-state index in [0.29, 0.717) is 12.3 Å². The van der Waals surface area contributed by atoms with Gasteiger partial charge in [-0.2, -0.15) is 0 Å². The highest BCUT2D eigenvalue weighted by Gasteiger charge is 2.10. The van der Waals surface area contributed by atoms with Crippen LogP contribution in [0.4, 0.5) is 15.8 Å². The molecule has 1 rings (SSSR count). The van der Waals surface area contributed by atoms with Gasteiger partial charge in [-0.15, -0.1) is 0 Å². The van der Waals surface area contributed by atoms with E-state index in [1.54, 1.807) is 0 Å². The second-order valence-electron chi connectivity index (χ2n) is 3.94. The molecule has 1 aromatic carbocycles. The normalized spacial score (nSPS) is 12.2. The SMILES string of the molecule is CCCOc1cc(NCC(O)CO)c(N)cc1F. The molecule has 0 aliphatic carbocycles. The zero-order valence-electron chi connectivity index (χ0n) is 10.3. The largest absolute Gasteiger partial charge is 0.490 e. The Balaban J connectivity index is 2.77. The van der Waals surface area contributed by atoms with E-state index in [-0.39, 0.29) is 24.6 Å². The number of aliphatic hydroxyl groups excluding tert-OH is 2. The number of ether oxygens (including phenoxy) is 1. The lowest BCUT2D eigenvalue weighted by atomic mass is 10.2. The highest BCUT2D eigenvalue weighted by Crippen LogP contribution is 2.28. The molecule has 6 heteroatoms. The third-order valence-corrected chi connectivity index (χ3v) is 2.30. The van der Waals surface area contributed by atoms with Crippen LogP contribution in [0, 0.1) is 5.82 Å². The van der Waals surface area contributed by atoms with E-state index in [0.717, 1.165) is 6.42 Å². The topological polar surface area (TPSA) is 87.7 Å². The summed E-state index contributed by atoms with van der Waals surface area (Å²) < 4.78 is 18.7. The zero-order chi connectivity index (χ0) is 13.5. The van der Waals surface area contributed by atoms with Crippen LogP contribution in [0.25, 0.3) is 0 Å². The molecule has 0 saturated carbocycles. The van der Waals surface area contributed by atoms with Crippen molar-refractivity contribution in [2.45, 2.75) is 19.4 Å². The minimum absolute atomic E-state index is 0.118. The molecule has 1 unspecified atom stereocenters. The van der Waals surface area contributed by atoms with Crippen molar-refractivity contribution in [3.63, 3.8) is 0 Å². The molecule has 0 aliphatic heterocycles. The van der Waals surface area contributed by atoms with Crippen LogP contribution in [-0.4, -0.2) is 36.1 Å². The van der Waals surface area contributed by atoms with Crippen molar-refractivity contribution in [2.24, 2.45) is 0 Å². The summed E-state index contributed by atoms with van der Waals surface area (Å²) in [5.74, 6) is -0.402. The van der Waals surface area contributed by atoms with Crippen molar-refractivity contribution in [3.8, 4) is 5.75 Å². The number of nitrogen functional groups attached to an aromatic ring is 1. The molecule has 102 valence electrons. The van der Waals surface area contributed by atoms with Crippen molar-refractivity contribution in [1.82, 2.24) is 0 Å². The van der Waals surface area contributed by atoms with Crippen LogP contribution in [-0.2, 0) is 0 Å². The van der Waals surface area contributed by atoms with Gasteiger partial charge in [0.05, 0.1) is 30.7 Å². The molecule has 0 aromatic heterocycles. The summed E-state index contributed by atoms with van der Waals surface area (Å²) in [4.78, 5) is 0. The van der Waals surface area contributed by atoms with Crippen LogP contribution < -0.4 is 15.8 Å². The minimum atomic E-state index is -0.894. The summed E-state index contributed by atoms with van der Waals surface area (Å²) in [5.41, 5.74) is 6.34. The number of hydrogen-bond donors (Lipinski definition) is 4. The van der Waals surface area contributed by atoms with Crippen molar-refractivity contribution in [1.29, 1.82) is 0 Å². The Morgan fingerprint density at radius 1 is 1.50 bits per heavy atom. The Bertz CT molecular complexity index is 388. The molecule has 5 nitrogen and oxygen atoms in total. The van der Waals surface area contributed by atoms with Gasteiger partial charge in [-0.3, -0.25) is 0 Å². The van der Waals surface area contributed by atoms with Crippen molar-refractivity contribution in [2.75, 3.05) is 30.8 Å². The quantitative estimate of drug-likeness (QED) is 0.547. The lowest BCUT2D eigenvalue weighted by molar-refractivity contribution is 0.105. The molecule has 0 aliphatic rings. The molecule has 1 aromatic rings. The molecule has 0 saturated heterocycles. The first-order chi connectivity index (χ1) is 8.58. The van der Waals surface area contributed by atoms with Crippen LogP contribution in [0.15, 0.2) is 12.1 Å². The van der Waals surface area contributed by atoms with Gasteiger partial charge in [0, 0.05) is 18.7 Å². The lowest BCUT2D eigenvalue weighted by Crippen LogP contribution is -2.23. The van der Waals surface area contributed by atoms with Gasteiger partial charge in [0.15, 0.2) is 11.6 Å². The first-order valence-corrected chi connectivity index (χ1v) is 5.83. The van der Waals surface area contributed by atoms with Crippen molar-refractivity contribution < 1.29 is 19.3 Å². The van der Waals surface area contributed by atoms with Gasteiger partial charge >= 0.3 is 0 Å². The Labute approximate surface area is 105 Å². The molecule has 0 bridgehead atoms. The summed E-state index contributed by atoms with van der Waals surface area (Å²) >= 11 is 0. The first kappa shape index (κ1) is 14.5. The van der Waals surface area contributed by atoms with E-state index in [1.165, 1.54) is 12.1 Å². The van der Waals surface area contributed by atoms with Crippen molar-refractivity contribution >= 4 is 11.4 Å². The first-order valence-electron chi connectivity index (χ1n) is 5.83. The summed E-state index contributed by atoms with van der Waals surface area (Å²) in [5, 5.41) is 20.7. The Morgan fingerprint density at radius 2 is 2.22 bits per heavy atom. The second-order valence-corrected chi connectivity index (χ2v) is 3.94. The molecule has 1 atom stereocenters. The smallest absolute Gasteiger partial charge is 0.167 e. The lowest BCUT2D eigenvalue weighted by Gasteiger charge is -2.14. The molecule has 0 amide bonds. The number of benzene rings is 1. The Kier molecular flexibility index (Phi) is 5.67. The van der Waals surface area contributed by atoms with Crippen LogP contribution in [0.5, 0.6) is 5.75 Å². The average molecular weight is 258 g/mol. The van der Waals surface area contributed by atoms with Crippen LogP contribution in [0.1, 0.15) is 13.3 Å². The fraction of sp³-hybridized carbons (Fsp3) is 0.500. The molecular formula is C12H19FN2O3. The maximum atomic E-state index is 13.5. The zero-order valence-corrected chi connectivity index (χ0v) is 10.3. The number of halogens is 1. The fourth-order valence-electron chi connectivity index (χ4n) is 1.34. The highest BCUT2D eigenvalue weighted by atomic mass is 19.1. The predicted octanol–water partition coefficient (Wildman–Crippen LogP) is 0.962. The van der Waals surface area contributed by atoms with Gasteiger partial charge in [-0.1, -0.05) is 6.92 Å². The van der Waals surface area contributed by atoms with E-state index in [4.69, 9.17) is 15.6 Å². The molecule has 0 spiro atoms. The van der Waals surface area contributed by atoms with E-state index in [9.17, 15) is 9.50 Å². The number of nitrogens with two attached hydrogens (primary N) is 1. The van der Waals surface area contributed by atoms with Crippen LogP contribution in [0.2, 0.25) is 0 Å². The maximum absolute atomic E-state index is 13.5. The number of hydrogen-bond acceptors (Lipinski definition) is 5. The third kappa shape index (κ3) is 4.05. The maximum Gasteiger partial charge on any atom is 0.167 e. The number of rotatable bonds is 7. The van der Waals surface area contributed by atoms with Gasteiger partial charge < -0.3 is 26.0 Å². The summed E-state index contributed by atoms with van der Waals surface area (Å²) in [6.07, 6.45) is -0.120. The van der Waals surface area contributed by atoms with E-state index >= 15 is 0 Å². The Morgan fingerprint density at radius 3 is 2.83 bits per heavy atom. The Hall–Kier alpha value is -1.53. The molecule has 18 heavy (non-hydrogen) atoms. The van der Waals surface area contributed by atoms with Gasteiger partial charge in [0.1, 0.15) is 0 Å². The highest BCUT2D eigenvalue weighted by molar-refractivity contribution is 5.68. The van der Waals surface area contributed by atoms with E-state index in [2.05, 4.69) is 5.32 Å². The predicted molar refractivity (Wildman–Crippen MR) is 68.2 cm³/mol. The summed E-state index contributed by atoms with van der Waals surface area (Å²) in [7, 11) is 0.